The van der Waals surface area contributed by atoms with E-state index in [0.29, 0.717) is 0 Å². The monoisotopic (exact) mass is 168 g/mol. The third kappa shape index (κ3) is 4.13. The molecule has 2 unspecified atom stereocenters. The molecule has 0 spiro atoms. The highest BCUT2D eigenvalue weighted by Gasteiger charge is 2.15. The average Bonchev–Trinajstić information content (AvgIpc) is 2.11. The van der Waals surface area contributed by atoms with Crippen LogP contribution in [-0.2, 0) is 0 Å². The summed E-state index contributed by atoms with van der Waals surface area (Å²) >= 11 is 0. The van der Waals surface area contributed by atoms with E-state index in [0.717, 1.165) is 24.7 Å². The lowest BCUT2D eigenvalue weighted by Gasteiger charge is -2.24. The molecule has 2 atom stereocenters. The highest BCUT2D eigenvalue weighted by atomic mass is 14.2. The minimum atomic E-state index is 0.897. The van der Waals surface area contributed by atoms with Crippen LogP contribution in [0.25, 0.3) is 0 Å². The summed E-state index contributed by atoms with van der Waals surface area (Å²) in [5.74, 6) is 1.79. The van der Waals surface area contributed by atoms with E-state index in [9.17, 15) is 0 Å². The van der Waals surface area contributed by atoms with Gasteiger partial charge in [0.1, 0.15) is 0 Å². The number of rotatable bonds is 7. The maximum Gasteiger partial charge on any atom is -0.0389 e. The van der Waals surface area contributed by atoms with E-state index in [1.54, 1.807) is 0 Å². The van der Waals surface area contributed by atoms with Gasteiger partial charge in [-0.15, -0.1) is 0 Å². The van der Waals surface area contributed by atoms with Gasteiger partial charge < -0.3 is 0 Å². The van der Waals surface area contributed by atoms with Crippen molar-refractivity contribution in [1.29, 1.82) is 0 Å². The normalized spacial score (nSPS) is 16.0. The molecule has 2 radical (unpaired) electrons. The minimum absolute atomic E-state index is 0.897. The summed E-state index contributed by atoms with van der Waals surface area (Å²) in [5.41, 5.74) is 0. The van der Waals surface area contributed by atoms with Gasteiger partial charge in [-0.1, -0.05) is 66.2 Å². The third-order valence-corrected chi connectivity index (χ3v) is 2.87. The lowest BCUT2D eigenvalue weighted by molar-refractivity contribution is 0.280. The van der Waals surface area contributed by atoms with Gasteiger partial charge in [0.15, 0.2) is 0 Å². The molecule has 0 fully saturated rings. The van der Waals surface area contributed by atoms with Crippen LogP contribution >= 0.6 is 0 Å². The predicted molar refractivity (Wildman–Crippen MR) is 56.7 cm³/mol. The summed E-state index contributed by atoms with van der Waals surface area (Å²) in [4.78, 5) is 0. The van der Waals surface area contributed by atoms with E-state index in [4.69, 9.17) is 0 Å². The molecule has 0 saturated heterocycles. The van der Waals surface area contributed by atoms with Crippen LogP contribution in [0.15, 0.2) is 0 Å². The summed E-state index contributed by atoms with van der Waals surface area (Å²) < 4.78 is 0. The Morgan fingerprint density at radius 1 is 0.833 bits per heavy atom. The van der Waals surface area contributed by atoms with Gasteiger partial charge in [-0.3, -0.25) is 0 Å². The molecule has 0 bridgehead atoms. The second-order valence-electron chi connectivity index (χ2n) is 3.62. The van der Waals surface area contributed by atoms with Gasteiger partial charge in [-0.05, 0) is 11.8 Å². The molecule has 0 aliphatic heterocycles. The summed E-state index contributed by atoms with van der Waals surface area (Å²) in [6, 6.07) is 0. The van der Waals surface area contributed by atoms with Gasteiger partial charge >= 0.3 is 0 Å². The highest BCUT2D eigenvalue weighted by molar-refractivity contribution is 4.69. The lowest BCUT2D eigenvalue weighted by atomic mass is 9.82. The van der Waals surface area contributed by atoms with Gasteiger partial charge in [-0.2, -0.15) is 0 Å². The molecule has 0 saturated carbocycles. The largest absolute Gasteiger partial charge is 0.0651 e. The molecule has 0 heteroatoms. The Morgan fingerprint density at radius 2 is 1.17 bits per heavy atom. The van der Waals surface area contributed by atoms with Crippen LogP contribution in [0.5, 0.6) is 0 Å². The van der Waals surface area contributed by atoms with Crippen molar-refractivity contribution < 1.29 is 0 Å². The zero-order valence-electron chi connectivity index (χ0n) is 8.81. The van der Waals surface area contributed by atoms with E-state index in [2.05, 4.69) is 27.7 Å². The summed E-state index contributed by atoms with van der Waals surface area (Å²) in [7, 11) is 0. The topological polar surface area (TPSA) is 0 Å². The highest BCUT2D eigenvalue weighted by Crippen LogP contribution is 2.27. The second kappa shape index (κ2) is 7.64. The Kier molecular flexibility index (Phi) is 7.64. The average molecular weight is 168 g/mol. The molecule has 0 rings (SSSR count). The zero-order valence-corrected chi connectivity index (χ0v) is 8.81. The van der Waals surface area contributed by atoms with Crippen LogP contribution in [0.3, 0.4) is 0 Å². The molecule has 72 valence electrons. The molecule has 0 N–H and O–H groups in total. The van der Waals surface area contributed by atoms with Gasteiger partial charge in [0.25, 0.3) is 0 Å². The van der Waals surface area contributed by atoms with E-state index >= 15 is 0 Å². The van der Waals surface area contributed by atoms with E-state index in [-0.39, 0.29) is 0 Å². The Morgan fingerprint density at radius 3 is 1.33 bits per heavy atom. The van der Waals surface area contributed by atoms with Crippen LogP contribution < -0.4 is 0 Å². The Labute approximate surface area is 78.8 Å². The maximum atomic E-state index is 3.93. The van der Waals surface area contributed by atoms with Crippen LogP contribution in [0.1, 0.15) is 52.4 Å². The van der Waals surface area contributed by atoms with Crippen molar-refractivity contribution in [3.05, 3.63) is 13.8 Å². The van der Waals surface area contributed by atoms with Gasteiger partial charge in [0.2, 0.25) is 0 Å². The molecule has 0 aromatic rings. The summed E-state index contributed by atoms with van der Waals surface area (Å²) in [6.45, 7) is 12.5. The predicted octanol–water partition coefficient (Wildman–Crippen LogP) is 4.27. The Bertz CT molecular complexity index is 74.0. The number of hydrogen-bond donors (Lipinski definition) is 0. The Balaban J connectivity index is 3.84. The molecular formula is C12H24. The first-order valence-electron chi connectivity index (χ1n) is 5.38. The Hall–Kier alpha value is 0. The molecule has 0 aromatic heterocycles. The maximum absolute atomic E-state index is 3.93. The van der Waals surface area contributed by atoms with Gasteiger partial charge in [0, 0.05) is 0 Å². The van der Waals surface area contributed by atoms with Crippen molar-refractivity contribution in [3.63, 3.8) is 0 Å². The summed E-state index contributed by atoms with van der Waals surface area (Å²) in [6.07, 6.45) is 7.41. The molecule has 0 amide bonds. The van der Waals surface area contributed by atoms with Gasteiger partial charge in [0.05, 0.1) is 0 Å². The van der Waals surface area contributed by atoms with Crippen LogP contribution in [0, 0.1) is 25.7 Å². The zero-order chi connectivity index (χ0) is 9.40. The fraction of sp³-hybridized carbons (Fsp3) is 0.833. The summed E-state index contributed by atoms with van der Waals surface area (Å²) in [5, 5.41) is 0. The SMILES string of the molecule is [CH2]CCC(CC)C(CC)CC[CH2]. The lowest BCUT2D eigenvalue weighted by Crippen LogP contribution is -2.13. The van der Waals surface area contributed by atoms with Crippen LogP contribution in [-0.4, -0.2) is 0 Å². The molecule has 12 heavy (non-hydrogen) atoms. The molecule has 0 heterocycles. The first kappa shape index (κ1) is 12.0. The van der Waals surface area contributed by atoms with E-state index in [1.165, 1.54) is 25.7 Å². The molecule has 0 aromatic carbocycles. The molecule has 0 aliphatic rings. The molecule has 0 nitrogen and oxygen atoms in total. The fourth-order valence-corrected chi connectivity index (χ4v) is 2.07. The minimum Gasteiger partial charge on any atom is -0.0651 e. The van der Waals surface area contributed by atoms with Crippen LogP contribution in [0.2, 0.25) is 0 Å². The molecular weight excluding hydrogens is 144 g/mol. The van der Waals surface area contributed by atoms with Gasteiger partial charge in [-0.25, -0.2) is 0 Å². The second-order valence-corrected chi connectivity index (χ2v) is 3.62. The van der Waals surface area contributed by atoms with Crippen molar-refractivity contribution in [1.82, 2.24) is 0 Å². The third-order valence-electron chi connectivity index (χ3n) is 2.87. The van der Waals surface area contributed by atoms with Crippen molar-refractivity contribution in [2.24, 2.45) is 11.8 Å². The number of hydrogen-bond acceptors (Lipinski definition) is 0. The molecule has 0 aliphatic carbocycles. The fourth-order valence-electron chi connectivity index (χ4n) is 2.07. The first-order valence-corrected chi connectivity index (χ1v) is 5.38. The quantitative estimate of drug-likeness (QED) is 0.532. The van der Waals surface area contributed by atoms with Crippen LogP contribution in [0.4, 0.5) is 0 Å². The smallest absolute Gasteiger partial charge is 0.0389 e. The van der Waals surface area contributed by atoms with Crippen molar-refractivity contribution in [2.45, 2.75) is 52.4 Å². The van der Waals surface area contributed by atoms with Crippen molar-refractivity contribution in [3.8, 4) is 0 Å². The van der Waals surface area contributed by atoms with Crippen molar-refractivity contribution in [2.75, 3.05) is 0 Å². The van der Waals surface area contributed by atoms with E-state index in [1.807, 2.05) is 0 Å². The van der Waals surface area contributed by atoms with Crippen molar-refractivity contribution >= 4 is 0 Å². The first-order chi connectivity index (χ1) is 5.79. The standard InChI is InChI=1S/C12H24/c1-5-9-11(7-3)12(8-4)10-6-2/h11-12H,1-2,5-10H2,3-4H3. The van der Waals surface area contributed by atoms with E-state index < -0.39 is 0 Å².